The van der Waals surface area contributed by atoms with Gasteiger partial charge in [0.15, 0.2) is 0 Å². The van der Waals surface area contributed by atoms with Crippen LogP contribution >= 0.6 is 0 Å². The topological polar surface area (TPSA) is 101 Å². The van der Waals surface area contributed by atoms with Gasteiger partial charge in [-0.25, -0.2) is 0 Å². The number of nitro groups is 1. The number of carbonyl (C=O) groups is 1. The second-order valence-electron chi connectivity index (χ2n) is 7.57. The van der Waals surface area contributed by atoms with Gasteiger partial charge in [-0.15, -0.1) is 0 Å². The molecule has 1 aromatic heterocycles. The number of H-pyrrole nitrogens is 1. The third kappa shape index (κ3) is 3.05. The van der Waals surface area contributed by atoms with Crippen LogP contribution in [0.4, 0.5) is 5.69 Å². The number of hydrogen-bond donors (Lipinski definition) is 1. The van der Waals surface area contributed by atoms with Crippen molar-refractivity contribution in [1.29, 1.82) is 0 Å². The first-order valence-corrected chi connectivity index (χ1v) is 9.94. The summed E-state index contributed by atoms with van der Waals surface area (Å²) in [6.07, 6.45) is 1.89. The molecule has 3 aromatic rings. The maximum atomic E-state index is 13.3. The summed E-state index contributed by atoms with van der Waals surface area (Å²) in [7, 11) is 0. The van der Waals surface area contributed by atoms with Crippen molar-refractivity contribution >= 4 is 11.6 Å². The average molecular weight is 404 g/mol. The monoisotopic (exact) mass is 404 g/mol. The lowest BCUT2D eigenvalue weighted by molar-refractivity contribution is -0.384. The van der Waals surface area contributed by atoms with Crippen molar-refractivity contribution in [2.75, 3.05) is 13.2 Å². The van der Waals surface area contributed by atoms with Gasteiger partial charge in [0.1, 0.15) is 5.69 Å². The molecule has 30 heavy (non-hydrogen) atoms. The van der Waals surface area contributed by atoms with Crippen molar-refractivity contribution in [3.8, 4) is 11.3 Å². The number of fused-ring (bicyclic) bond motifs is 1. The number of benzene rings is 2. The van der Waals surface area contributed by atoms with Gasteiger partial charge in [0.05, 0.1) is 22.8 Å². The highest BCUT2D eigenvalue weighted by Gasteiger charge is 2.43. The highest BCUT2D eigenvalue weighted by Crippen LogP contribution is 2.43. The largest absolute Gasteiger partial charge is 0.376 e. The summed E-state index contributed by atoms with van der Waals surface area (Å²) in [5, 5.41) is 18.4. The molecule has 2 unspecified atom stereocenters. The Morgan fingerprint density at radius 2 is 1.93 bits per heavy atom. The van der Waals surface area contributed by atoms with E-state index < -0.39 is 4.92 Å². The van der Waals surface area contributed by atoms with Crippen LogP contribution in [0.3, 0.4) is 0 Å². The van der Waals surface area contributed by atoms with Gasteiger partial charge in [0.2, 0.25) is 0 Å². The first kappa shape index (κ1) is 18.5. The second-order valence-corrected chi connectivity index (χ2v) is 7.57. The van der Waals surface area contributed by atoms with Crippen LogP contribution < -0.4 is 0 Å². The average Bonchev–Trinajstić information content (AvgIpc) is 3.49. The molecule has 5 rings (SSSR count). The van der Waals surface area contributed by atoms with Crippen molar-refractivity contribution < 1.29 is 14.5 Å². The van der Waals surface area contributed by atoms with Crippen LogP contribution in [0.2, 0.25) is 0 Å². The third-order valence-corrected chi connectivity index (χ3v) is 5.75. The van der Waals surface area contributed by atoms with Crippen LogP contribution in [0.5, 0.6) is 0 Å². The molecule has 8 heteroatoms. The Morgan fingerprint density at radius 3 is 2.60 bits per heavy atom. The van der Waals surface area contributed by atoms with Crippen molar-refractivity contribution in [3.63, 3.8) is 0 Å². The van der Waals surface area contributed by atoms with Gasteiger partial charge in [0, 0.05) is 36.4 Å². The highest BCUT2D eigenvalue weighted by atomic mass is 16.6. The first-order chi connectivity index (χ1) is 14.6. The predicted octanol–water partition coefficient (Wildman–Crippen LogP) is 3.71. The minimum absolute atomic E-state index is 0.00774. The smallest absolute Gasteiger partial charge is 0.273 e. The fraction of sp³-hybridized carbons (Fsp3) is 0.273. The maximum Gasteiger partial charge on any atom is 0.273 e. The number of non-ortho nitro benzene ring substituents is 1. The molecule has 1 saturated heterocycles. The van der Waals surface area contributed by atoms with Crippen LogP contribution in [0.15, 0.2) is 54.6 Å². The van der Waals surface area contributed by atoms with E-state index >= 15 is 0 Å². The van der Waals surface area contributed by atoms with Gasteiger partial charge < -0.3 is 9.64 Å². The number of nitrogens with zero attached hydrogens (tertiary/aromatic N) is 3. The van der Waals surface area contributed by atoms with Gasteiger partial charge in [-0.05, 0) is 30.5 Å². The van der Waals surface area contributed by atoms with E-state index in [0.717, 1.165) is 35.2 Å². The lowest BCUT2D eigenvalue weighted by Gasteiger charge is -2.28. The Balaban J connectivity index is 1.61. The quantitative estimate of drug-likeness (QED) is 0.516. The normalized spacial score (nSPS) is 20.5. The van der Waals surface area contributed by atoms with E-state index in [4.69, 9.17) is 4.74 Å². The molecule has 1 amide bonds. The number of amides is 1. The molecular formula is C22H20N4O4. The SMILES string of the molecule is O=C1c2[nH]nc(-c3ccccc3)c2C(c2ccc([N+](=O)[O-])cc2)N1CC1CCCO1. The van der Waals surface area contributed by atoms with Gasteiger partial charge in [-0.3, -0.25) is 20.0 Å². The molecule has 0 radical (unpaired) electrons. The maximum absolute atomic E-state index is 13.3. The summed E-state index contributed by atoms with van der Waals surface area (Å²) in [6, 6.07) is 15.7. The molecule has 2 aliphatic rings. The lowest BCUT2D eigenvalue weighted by atomic mass is 9.95. The number of hydrogen-bond acceptors (Lipinski definition) is 5. The van der Waals surface area contributed by atoms with Gasteiger partial charge in [-0.1, -0.05) is 30.3 Å². The Labute approximate surface area is 172 Å². The number of nitrogens with one attached hydrogen (secondary N) is 1. The fourth-order valence-electron chi connectivity index (χ4n) is 4.33. The molecule has 0 spiro atoms. The minimum atomic E-state index is -0.424. The molecule has 2 aliphatic heterocycles. The van der Waals surface area contributed by atoms with E-state index in [-0.39, 0.29) is 23.7 Å². The van der Waals surface area contributed by atoms with Crippen LogP contribution in [0.25, 0.3) is 11.3 Å². The minimum Gasteiger partial charge on any atom is -0.376 e. The van der Waals surface area contributed by atoms with Crippen molar-refractivity contribution in [3.05, 3.63) is 81.5 Å². The Hall–Kier alpha value is -3.52. The number of nitro benzene ring substituents is 1. The zero-order chi connectivity index (χ0) is 20.7. The van der Waals surface area contributed by atoms with E-state index in [1.54, 1.807) is 17.0 Å². The zero-order valence-electron chi connectivity index (χ0n) is 16.2. The third-order valence-electron chi connectivity index (χ3n) is 5.75. The molecule has 0 bridgehead atoms. The first-order valence-electron chi connectivity index (χ1n) is 9.94. The summed E-state index contributed by atoms with van der Waals surface area (Å²) in [6.45, 7) is 1.17. The van der Waals surface area contributed by atoms with Crippen LogP contribution in [0, 0.1) is 10.1 Å². The molecule has 2 atom stereocenters. The highest BCUT2D eigenvalue weighted by molar-refractivity contribution is 6.00. The lowest BCUT2D eigenvalue weighted by Crippen LogP contribution is -2.36. The number of aromatic nitrogens is 2. The molecular weight excluding hydrogens is 384 g/mol. The van der Waals surface area contributed by atoms with Crippen molar-refractivity contribution in [1.82, 2.24) is 15.1 Å². The summed E-state index contributed by atoms with van der Waals surface area (Å²) < 4.78 is 5.78. The van der Waals surface area contributed by atoms with E-state index in [9.17, 15) is 14.9 Å². The number of aromatic amines is 1. The molecule has 2 aromatic carbocycles. The molecule has 0 aliphatic carbocycles. The van der Waals surface area contributed by atoms with E-state index in [1.165, 1.54) is 12.1 Å². The van der Waals surface area contributed by atoms with E-state index in [1.807, 2.05) is 30.3 Å². The van der Waals surface area contributed by atoms with E-state index in [2.05, 4.69) is 10.2 Å². The van der Waals surface area contributed by atoms with Crippen molar-refractivity contribution in [2.24, 2.45) is 0 Å². The Morgan fingerprint density at radius 1 is 1.17 bits per heavy atom. The molecule has 1 fully saturated rings. The summed E-state index contributed by atoms with van der Waals surface area (Å²) in [5.41, 5.74) is 3.73. The van der Waals surface area contributed by atoms with Crippen LogP contribution in [0.1, 0.15) is 40.5 Å². The summed E-state index contributed by atoms with van der Waals surface area (Å²) >= 11 is 0. The van der Waals surface area contributed by atoms with Crippen molar-refractivity contribution in [2.45, 2.75) is 25.0 Å². The summed E-state index contributed by atoms with van der Waals surface area (Å²) in [4.78, 5) is 25.7. The van der Waals surface area contributed by atoms with Crippen LogP contribution in [-0.4, -0.2) is 45.2 Å². The Kier molecular flexibility index (Phi) is 4.55. The zero-order valence-corrected chi connectivity index (χ0v) is 16.2. The van der Waals surface area contributed by atoms with Gasteiger partial charge in [-0.2, -0.15) is 5.10 Å². The molecule has 0 saturated carbocycles. The predicted molar refractivity (Wildman–Crippen MR) is 109 cm³/mol. The van der Waals surface area contributed by atoms with Gasteiger partial charge in [0.25, 0.3) is 11.6 Å². The summed E-state index contributed by atoms with van der Waals surface area (Å²) in [5.74, 6) is -0.126. The van der Waals surface area contributed by atoms with Crippen LogP contribution in [-0.2, 0) is 4.74 Å². The molecule has 8 nitrogen and oxygen atoms in total. The molecule has 1 N–H and O–H groups in total. The molecule has 3 heterocycles. The van der Waals surface area contributed by atoms with Gasteiger partial charge >= 0.3 is 0 Å². The standard InChI is InChI=1S/C22H20N4O4/c27-22-20-18(19(23-24-20)14-5-2-1-3-6-14)21(25(22)13-17-7-4-12-30-17)15-8-10-16(11-9-15)26(28)29/h1-3,5-6,8-11,17,21H,4,7,12-13H2,(H,23,24). The van der Waals surface area contributed by atoms with E-state index in [0.29, 0.717) is 18.8 Å². The number of rotatable bonds is 5. The second kappa shape index (κ2) is 7.38. The Bertz CT molecular complexity index is 1090. The number of ether oxygens (including phenoxy) is 1. The fourth-order valence-corrected chi connectivity index (χ4v) is 4.33. The number of carbonyl (C=O) groups excluding carboxylic acids is 1. The molecule has 152 valence electrons.